The lowest BCUT2D eigenvalue weighted by Gasteiger charge is -2.12. The van der Waals surface area contributed by atoms with Gasteiger partial charge in [-0.05, 0) is 85.3 Å². The standard InChI is InChI=1S/C33H30N2O5S/c1-3-40-28-18-14-24(15-19-28)31(36)22-41-29-11-7-10-26(21-29)34-33(38)30(20-23-12-16-27(39-2)17-13-23)35-32(37)25-8-5-4-6-9-25/h4-21H,3,22H2,1-2H3,(H,34,38)(H,35,37)/b30-20-. The number of hydrogen-bond acceptors (Lipinski definition) is 6. The summed E-state index contributed by atoms with van der Waals surface area (Å²) in [6.45, 7) is 2.47. The van der Waals surface area contributed by atoms with Crippen LogP contribution in [-0.4, -0.2) is 37.1 Å². The number of anilines is 1. The fourth-order valence-corrected chi connectivity index (χ4v) is 4.66. The minimum Gasteiger partial charge on any atom is -0.497 e. The lowest BCUT2D eigenvalue weighted by Crippen LogP contribution is -2.30. The molecule has 2 amide bonds. The van der Waals surface area contributed by atoms with Gasteiger partial charge < -0.3 is 20.1 Å². The van der Waals surface area contributed by atoms with Crippen LogP contribution in [0.25, 0.3) is 6.08 Å². The molecule has 4 aromatic rings. The second-order valence-electron chi connectivity index (χ2n) is 8.80. The SMILES string of the molecule is CCOc1ccc(C(=O)CSc2cccc(NC(=O)/C(=C/c3ccc(OC)cc3)NC(=O)c3ccccc3)c2)cc1. The molecule has 8 heteroatoms. The Morgan fingerprint density at radius 2 is 1.51 bits per heavy atom. The number of amides is 2. The summed E-state index contributed by atoms with van der Waals surface area (Å²) >= 11 is 1.37. The van der Waals surface area contributed by atoms with Crippen molar-refractivity contribution in [1.29, 1.82) is 0 Å². The lowest BCUT2D eigenvalue weighted by atomic mass is 10.1. The molecule has 2 N–H and O–H groups in total. The molecule has 208 valence electrons. The number of thioether (sulfide) groups is 1. The van der Waals surface area contributed by atoms with Crippen molar-refractivity contribution >= 4 is 41.1 Å². The van der Waals surface area contributed by atoms with E-state index in [0.717, 1.165) is 10.6 Å². The number of nitrogens with one attached hydrogen (secondary N) is 2. The molecule has 0 saturated heterocycles. The van der Waals surface area contributed by atoms with Crippen LogP contribution in [0.15, 0.2) is 114 Å². The molecule has 0 fully saturated rings. The molecular formula is C33H30N2O5S. The summed E-state index contributed by atoms with van der Waals surface area (Å²) < 4.78 is 10.6. The Balaban J connectivity index is 1.46. The highest BCUT2D eigenvalue weighted by Gasteiger charge is 2.16. The molecule has 4 rings (SSSR count). The number of ketones is 1. The molecule has 0 atom stereocenters. The fraction of sp³-hybridized carbons (Fsp3) is 0.121. The Bertz CT molecular complexity index is 1520. The average Bonchev–Trinajstić information content (AvgIpc) is 3.01. The molecule has 0 radical (unpaired) electrons. The molecule has 0 aliphatic carbocycles. The maximum absolute atomic E-state index is 13.4. The van der Waals surface area contributed by atoms with Crippen LogP contribution in [0, 0.1) is 0 Å². The van der Waals surface area contributed by atoms with Gasteiger partial charge in [-0.2, -0.15) is 0 Å². The molecule has 0 aliphatic rings. The summed E-state index contributed by atoms with van der Waals surface area (Å²) in [6.07, 6.45) is 1.60. The summed E-state index contributed by atoms with van der Waals surface area (Å²) in [5, 5.41) is 5.60. The molecule has 0 heterocycles. The molecule has 7 nitrogen and oxygen atoms in total. The van der Waals surface area contributed by atoms with Crippen LogP contribution < -0.4 is 20.1 Å². The quantitative estimate of drug-likeness (QED) is 0.116. The summed E-state index contributed by atoms with van der Waals surface area (Å²) in [5.74, 6) is 0.731. The minimum atomic E-state index is -0.488. The van der Waals surface area contributed by atoms with Crippen molar-refractivity contribution in [1.82, 2.24) is 5.32 Å². The molecule has 4 aromatic carbocycles. The van der Waals surface area contributed by atoms with Gasteiger partial charge in [-0.25, -0.2) is 0 Å². The number of hydrogen-bond donors (Lipinski definition) is 2. The van der Waals surface area contributed by atoms with E-state index in [0.29, 0.717) is 34.7 Å². The van der Waals surface area contributed by atoms with Crippen molar-refractivity contribution in [2.45, 2.75) is 11.8 Å². The molecule has 0 unspecified atom stereocenters. The van der Waals surface area contributed by atoms with Crippen molar-refractivity contribution in [3.05, 3.63) is 126 Å². The number of carbonyl (C=O) groups is 3. The normalized spacial score (nSPS) is 10.9. The Hall–Kier alpha value is -4.82. The van der Waals surface area contributed by atoms with Crippen LogP contribution in [0.4, 0.5) is 5.69 Å². The molecule has 0 aliphatic heterocycles. The van der Waals surface area contributed by atoms with Gasteiger partial charge in [0, 0.05) is 21.7 Å². The van der Waals surface area contributed by atoms with Crippen LogP contribution in [0.5, 0.6) is 11.5 Å². The molecule has 0 aromatic heterocycles. The summed E-state index contributed by atoms with van der Waals surface area (Å²) in [7, 11) is 1.58. The summed E-state index contributed by atoms with van der Waals surface area (Å²) in [6, 6.07) is 30.1. The van der Waals surface area contributed by atoms with E-state index < -0.39 is 11.8 Å². The number of benzene rings is 4. The second kappa shape index (κ2) is 14.5. The first kappa shape index (κ1) is 29.2. The van der Waals surface area contributed by atoms with Crippen molar-refractivity contribution in [3.8, 4) is 11.5 Å². The second-order valence-corrected chi connectivity index (χ2v) is 9.85. The molecule has 0 bridgehead atoms. The zero-order chi connectivity index (χ0) is 29.0. The molecule has 0 spiro atoms. The van der Waals surface area contributed by atoms with Crippen molar-refractivity contribution in [3.63, 3.8) is 0 Å². The first-order valence-electron chi connectivity index (χ1n) is 13.0. The molecular weight excluding hydrogens is 536 g/mol. The van der Waals surface area contributed by atoms with E-state index in [1.54, 1.807) is 104 Å². The monoisotopic (exact) mass is 566 g/mol. The van der Waals surface area contributed by atoms with Gasteiger partial charge in [-0.15, -0.1) is 11.8 Å². The number of rotatable bonds is 12. The van der Waals surface area contributed by atoms with Gasteiger partial charge in [0.2, 0.25) is 0 Å². The Labute approximate surface area is 243 Å². The fourth-order valence-electron chi connectivity index (χ4n) is 3.81. The van der Waals surface area contributed by atoms with Gasteiger partial charge in [-0.3, -0.25) is 14.4 Å². The number of Topliss-reactive ketones (excluding diaryl/α,β-unsaturated/α-hetero) is 1. The van der Waals surface area contributed by atoms with Gasteiger partial charge in [-0.1, -0.05) is 36.4 Å². The van der Waals surface area contributed by atoms with Crippen molar-refractivity contribution < 1.29 is 23.9 Å². The lowest BCUT2D eigenvalue weighted by molar-refractivity contribution is -0.113. The van der Waals surface area contributed by atoms with Gasteiger partial charge in [0.15, 0.2) is 5.78 Å². The highest BCUT2D eigenvalue weighted by molar-refractivity contribution is 8.00. The average molecular weight is 567 g/mol. The smallest absolute Gasteiger partial charge is 0.272 e. The Kier molecular flexibility index (Phi) is 10.3. The first-order chi connectivity index (χ1) is 19.9. The maximum atomic E-state index is 13.4. The Morgan fingerprint density at radius 3 is 2.20 bits per heavy atom. The zero-order valence-electron chi connectivity index (χ0n) is 22.8. The Morgan fingerprint density at radius 1 is 0.805 bits per heavy atom. The maximum Gasteiger partial charge on any atom is 0.272 e. The van der Waals surface area contributed by atoms with Crippen molar-refractivity contribution in [2.24, 2.45) is 0 Å². The number of ether oxygens (including phenoxy) is 2. The zero-order valence-corrected chi connectivity index (χ0v) is 23.6. The van der Waals surface area contributed by atoms with Crippen molar-refractivity contribution in [2.75, 3.05) is 24.8 Å². The number of carbonyl (C=O) groups excluding carboxylic acids is 3. The van der Waals surface area contributed by atoms with Crippen LogP contribution in [0.3, 0.4) is 0 Å². The van der Waals surface area contributed by atoms with E-state index >= 15 is 0 Å². The van der Waals surface area contributed by atoms with Crippen LogP contribution in [-0.2, 0) is 4.79 Å². The third kappa shape index (κ3) is 8.58. The van der Waals surface area contributed by atoms with E-state index in [4.69, 9.17) is 9.47 Å². The first-order valence-corrected chi connectivity index (χ1v) is 14.0. The number of methoxy groups -OCH3 is 1. The summed E-state index contributed by atoms with van der Waals surface area (Å²) in [4.78, 5) is 39.7. The van der Waals surface area contributed by atoms with E-state index in [9.17, 15) is 14.4 Å². The third-order valence-electron chi connectivity index (χ3n) is 5.90. The van der Waals surface area contributed by atoms with Crippen LogP contribution in [0.2, 0.25) is 0 Å². The van der Waals surface area contributed by atoms with Gasteiger partial charge in [0.1, 0.15) is 17.2 Å². The van der Waals surface area contributed by atoms with E-state index in [-0.39, 0.29) is 17.2 Å². The van der Waals surface area contributed by atoms with Gasteiger partial charge in [0.05, 0.1) is 19.5 Å². The van der Waals surface area contributed by atoms with E-state index in [2.05, 4.69) is 10.6 Å². The minimum absolute atomic E-state index is 0.0131. The largest absolute Gasteiger partial charge is 0.497 e. The molecule has 0 saturated carbocycles. The van der Waals surface area contributed by atoms with E-state index in [1.807, 2.05) is 19.1 Å². The van der Waals surface area contributed by atoms with Gasteiger partial charge >= 0.3 is 0 Å². The van der Waals surface area contributed by atoms with Crippen LogP contribution in [0.1, 0.15) is 33.2 Å². The highest BCUT2D eigenvalue weighted by Crippen LogP contribution is 2.24. The molecule has 41 heavy (non-hydrogen) atoms. The predicted octanol–water partition coefficient (Wildman–Crippen LogP) is 6.48. The predicted molar refractivity (Wildman–Crippen MR) is 163 cm³/mol. The highest BCUT2D eigenvalue weighted by atomic mass is 32.2. The third-order valence-corrected chi connectivity index (χ3v) is 6.90. The topological polar surface area (TPSA) is 93.7 Å². The van der Waals surface area contributed by atoms with Gasteiger partial charge in [0.25, 0.3) is 11.8 Å². The summed E-state index contributed by atoms with van der Waals surface area (Å²) in [5.41, 5.74) is 2.35. The van der Waals surface area contributed by atoms with Crippen LogP contribution >= 0.6 is 11.8 Å². The van der Waals surface area contributed by atoms with E-state index in [1.165, 1.54) is 11.8 Å².